The standard InChI is InChI=1S/C21H28N2O5/c1-2-22(15-20(25)26)19(24)10-6-9-17-11-13-23(14-12-17)21(27)28-16-18-7-4-3-5-8-18/h3-9,17H,2,10-16H2,1H3,(H,25,26). The van der Waals surface area contributed by atoms with Crippen molar-refractivity contribution in [3.05, 3.63) is 48.0 Å². The molecule has 2 amide bonds. The summed E-state index contributed by atoms with van der Waals surface area (Å²) in [5, 5.41) is 8.81. The minimum absolute atomic E-state index is 0.192. The minimum atomic E-state index is -1.01. The monoisotopic (exact) mass is 388 g/mol. The number of hydrogen-bond donors (Lipinski definition) is 1. The Kier molecular flexibility index (Phi) is 8.52. The summed E-state index contributed by atoms with van der Waals surface area (Å²) in [6, 6.07) is 9.58. The van der Waals surface area contributed by atoms with Gasteiger partial charge in [-0.2, -0.15) is 0 Å². The van der Waals surface area contributed by atoms with Crippen LogP contribution in [0.5, 0.6) is 0 Å². The number of nitrogens with zero attached hydrogens (tertiary/aromatic N) is 2. The van der Waals surface area contributed by atoms with Gasteiger partial charge in [0.1, 0.15) is 13.2 Å². The van der Waals surface area contributed by atoms with Gasteiger partial charge in [0.15, 0.2) is 0 Å². The van der Waals surface area contributed by atoms with Crippen LogP contribution in [-0.4, -0.2) is 59.1 Å². The van der Waals surface area contributed by atoms with Crippen LogP contribution in [0.25, 0.3) is 0 Å². The van der Waals surface area contributed by atoms with Gasteiger partial charge in [-0.25, -0.2) is 4.79 Å². The van der Waals surface area contributed by atoms with Crippen molar-refractivity contribution in [1.82, 2.24) is 9.80 Å². The maximum Gasteiger partial charge on any atom is 0.410 e. The number of carbonyl (C=O) groups excluding carboxylic acids is 2. The smallest absolute Gasteiger partial charge is 0.410 e. The fourth-order valence-corrected chi connectivity index (χ4v) is 3.12. The lowest BCUT2D eigenvalue weighted by Gasteiger charge is -2.30. The van der Waals surface area contributed by atoms with Crippen molar-refractivity contribution >= 4 is 18.0 Å². The highest BCUT2D eigenvalue weighted by atomic mass is 16.6. The van der Waals surface area contributed by atoms with Crippen LogP contribution in [0.3, 0.4) is 0 Å². The molecule has 0 aromatic heterocycles. The van der Waals surface area contributed by atoms with Gasteiger partial charge in [0.2, 0.25) is 5.91 Å². The van der Waals surface area contributed by atoms with Gasteiger partial charge in [-0.05, 0) is 31.2 Å². The van der Waals surface area contributed by atoms with Crippen LogP contribution in [-0.2, 0) is 20.9 Å². The van der Waals surface area contributed by atoms with Crippen LogP contribution in [0, 0.1) is 5.92 Å². The second-order valence-corrected chi connectivity index (χ2v) is 6.80. The van der Waals surface area contributed by atoms with Crippen molar-refractivity contribution in [2.24, 2.45) is 5.92 Å². The first-order valence-corrected chi connectivity index (χ1v) is 9.61. The molecule has 1 aromatic rings. The molecule has 1 aromatic carbocycles. The molecule has 1 fully saturated rings. The van der Waals surface area contributed by atoms with Crippen LogP contribution >= 0.6 is 0 Å². The van der Waals surface area contributed by atoms with E-state index in [0.717, 1.165) is 18.4 Å². The Balaban J connectivity index is 1.69. The van der Waals surface area contributed by atoms with Gasteiger partial charge in [0, 0.05) is 26.1 Å². The molecule has 1 saturated heterocycles. The number of benzene rings is 1. The molecule has 0 bridgehead atoms. The zero-order valence-electron chi connectivity index (χ0n) is 16.3. The second kappa shape index (κ2) is 11.1. The number of carboxylic acids is 1. The maximum atomic E-state index is 12.2. The van der Waals surface area contributed by atoms with Crippen LogP contribution in [0.1, 0.15) is 31.7 Å². The number of likely N-dealkylation sites (tertiary alicyclic amines) is 1. The van der Waals surface area contributed by atoms with Gasteiger partial charge < -0.3 is 19.6 Å². The van der Waals surface area contributed by atoms with Gasteiger partial charge in [-0.3, -0.25) is 9.59 Å². The zero-order chi connectivity index (χ0) is 20.4. The lowest BCUT2D eigenvalue weighted by molar-refractivity contribution is -0.144. The summed E-state index contributed by atoms with van der Waals surface area (Å²) in [4.78, 5) is 38.0. The Morgan fingerprint density at radius 2 is 1.89 bits per heavy atom. The molecule has 2 rings (SSSR count). The van der Waals surface area contributed by atoms with Gasteiger partial charge in [-0.15, -0.1) is 0 Å². The van der Waals surface area contributed by atoms with E-state index >= 15 is 0 Å². The van der Waals surface area contributed by atoms with E-state index in [4.69, 9.17) is 9.84 Å². The van der Waals surface area contributed by atoms with E-state index in [1.807, 2.05) is 36.4 Å². The zero-order valence-corrected chi connectivity index (χ0v) is 16.3. The van der Waals surface area contributed by atoms with E-state index in [0.29, 0.717) is 25.6 Å². The van der Waals surface area contributed by atoms with Gasteiger partial charge in [0.25, 0.3) is 0 Å². The number of rotatable bonds is 8. The summed E-state index contributed by atoms with van der Waals surface area (Å²) in [5.41, 5.74) is 0.961. The summed E-state index contributed by atoms with van der Waals surface area (Å²) in [7, 11) is 0. The topological polar surface area (TPSA) is 87.2 Å². The molecule has 0 atom stereocenters. The fraction of sp³-hybridized carbons (Fsp3) is 0.476. The number of amides is 2. The molecule has 7 heteroatoms. The summed E-state index contributed by atoms with van der Waals surface area (Å²) in [6.45, 7) is 3.38. The second-order valence-electron chi connectivity index (χ2n) is 6.80. The van der Waals surface area contributed by atoms with E-state index in [1.54, 1.807) is 17.9 Å². The van der Waals surface area contributed by atoms with Crippen molar-refractivity contribution in [1.29, 1.82) is 0 Å². The average molecular weight is 388 g/mol. The SMILES string of the molecule is CCN(CC(=O)O)C(=O)CC=CC1CCN(C(=O)OCc2ccccc2)CC1. The van der Waals surface area contributed by atoms with Gasteiger partial charge in [-0.1, -0.05) is 42.5 Å². The molecule has 0 unspecified atom stereocenters. The van der Waals surface area contributed by atoms with Gasteiger partial charge >= 0.3 is 12.1 Å². The third kappa shape index (κ3) is 7.06. The predicted octanol–water partition coefficient (Wildman–Crippen LogP) is 2.91. The molecule has 7 nitrogen and oxygen atoms in total. The number of aliphatic carboxylic acids is 1. The normalized spacial score (nSPS) is 14.8. The van der Waals surface area contributed by atoms with Crippen LogP contribution in [0.15, 0.2) is 42.5 Å². The van der Waals surface area contributed by atoms with Crippen LogP contribution < -0.4 is 0 Å². The summed E-state index contributed by atoms with van der Waals surface area (Å²) >= 11 is 0. The molecule has 0 aliphatic carbocycles. The average Bonchev–Trinajstić information content (AvgIpc) is 2.71. The van der Waals surface area contributed by atoms with E-state index in [2.05, 4.69) is 0 Å². The van der Waals surface area contributed by atoms with E-state index in [9.17, 15) is 14.4 Å². The van der Waals surface area contributed by atoms with Crippen molar-refractivity contribution in [2.45, 2.75) is 32.8 Å². The number of carbonyl (C=O) groups is 3. The Morgan fingerprint density at radius 1 is 1.21 bits per heavy atom. The molecule has 0 saturated carbocycles. The molecular weight excluding hydrogens is 360 g/mol. The Morgan fingerprint density at radius 3 is 2.50 bits per heavy atom. The first-order chi connectivity index (χ1) is 13.5. The Bertz CT molecular complexity index is 681. The number of ether oxygens (including phenoxy) is 1. The first-order valence-electron chi connectivity index (χ1n) is 9.61. The minimum Gasteiger partial charge on any atom is -0.480 e. The van der Waals surface area contributed by atoms with E-state index in [1.165, 1.54) is 4.90 Å². The summed E-state index contributed by atoms with van der Waals surface area (Å²) in [5.74, 6) is -0.894. The van der Waals surface area contributed by atoms with Crippen molar-refractivity contribution in [3.63, 3.8) is 0 Å². The Labute approximate surface area is 165 Å². The molecule has 0 spiro atoms. The maximum absolute atomic E-state index is 12.2. The van der Waals surface area contributed by atoms with Crippen molar-refractivity contribution < 1.29 is 24.2 Å². The first kappa shape index (κ1) is 21.5. The summed E-state index contributed by atoms with van der Waals surface area (Å²) in [6.07, 6.45) is 5.34. The quantitative estimate of drug-likeness (QED) is 0.692. The molecule has 152 valence electrons. The third-order valence-corrected chi connectivity index (χ3v) is 4.76. The highest BCUT2D eigenvalue weighted by Crippen LogP contribution is 2.19. The fourth-order valence-electron chi connectivity index (χ4n) is 3.12. The number of piperidine rings is 1. The molecule has 1 aliphatic heterocycles. The highest BCUT2D eigenvalue weighted by molar-refractivity contribution is 5.82. The molecular formula is C21H28N2O5. The largest absolute Gasteiger partial charge is 0.480 e. The van der Waals surface area contributed by atoms with Crippen molar-refractivity contribution in [2.75, 3.05) is 26.2 Å². The predicted molar refractivity (Wildman–Crippen MR) is 105 cm³/mol. The summed E-state index contributed by atoms with van der Waals surface area (Å²) < 4.78 is 5.36. The molecule has 0 radical (unpaired) electrons. The van der Waals surface area contributed by atoms with Crippen molar-refractivity contribution in [3.8, 4) is 0 Å². The Hall–Kier alpha value is -2.83. The molecule has 1 N–H and O–H groups in total. The van der Waals surface area contributed by atoms with E-state index < -0.39 is 5.97 Å². The molecule has 28 heavy (non-hydrogen) atoms. The number of hydrogen-bond acceptors (Lipinski definition) is 4. The number of carboxylic acid groups (broad SMARTS) is 1. The lowest BCUT2D eigenvalue weighted by atomic mass is 9.96. The van der Waals surface area contributed by atoms with Crippen LogP contribution in [0.2, 0.25) is 0 Å². The highest BCUT2D eigenvalue weighted by Gasteiger charge is 2.22. The third-order valence-electron chi connectivity index (χ3n) is 4.76. The van der Waals surface area contributed by atoms with Crippen LogP contribution in [0.4, 0.5) is 4.79 Å². The van der Waals surface area contributed by atoms with E-state index in [-0.39, 0.29) is 31.6 Å². The number of likely N-dealkylation sites (N-methyl/N-ethyl adjacent to an activating group) is 1. The molecule has 1 heterocycles. The van der Waals surface area contributed by atoms with Gasteiger partial charge in [0.05, 0.1) is 0 Å². The lowest BCUT2D eigenvalue weighted by Crippen LogP contribution is -2.38. The molecule has 1 aliphatic rings. The number of allylic oxidation sites excluding steroid dienone is 1.